The Kier molecular flexibility index (Phi) is 4.15. The minimum atomic E-state index is -2.04. The monoisotopic (exact) mass is 351 g/mol. The summed E-state index contributed by atoms with van der Waals surface area (Å²) in [6.07, 6.45) is 0. The average molecular weight is 352 g/mol. The van der Waals surface area contributed by atoms with Crippen molar-refractivity contribution in [3.8, 4) is 0 Å². The summed E-state index contributed by atoms with van der Waals surface area (Å²) in [6, 6.07) is 13.8. The van der Waals surface area contributed by atoms with Gasteiger partial charge in [0.25, 0.3) is 0 Å². The molecule has 0 saturated carbocycles. The standard InChI is InChI=1S/C20H25N3OSi/c1-14(24)23(25(5,6)20(2,3)4)15-11-12-18-19(13-15)22-17-10-8-7-9-16(17)21-18/h7-13H,1-6H3. The lowest BCUT2D eigenvalue weighted by atomic mass is 10.2. The number of aromatic nitrogens is 2. The van der Waals surface area contributed by atoms with Gasteiger partial charge in [0.05, 0.1) is 22.1 Å². The van der Waals surface area contributed by atoms with Crippen LogP contribution in [0.25, 0.3) is 22.1 Å². The summed E-state index contributed by atoms with van der Waals surface area (Å²) in [6.45, 7) is 12.8. The molecule has 0 spiro atoms. The Morgan fingerprint density at radius 1 is 0.920 bits per heavy atom. The summed E-state index contributed by atoms with van der Waals surface area (Å²) in [7, 11) is -2.04. The Morgan fingerprint density at radius 2 is 1.44 bits per heavy atom. The molecule has 25 heavy (non-hydrogen) atoms. The number of hydrogen-bond acceptors (Lipinski definition) is 3. The Labute approximate surface area is 150 Å². The van der Waals surface area contributed by atoms with Gasteiger partial charge in [-0.25, -0.2) is 9.97 Å². The van der Waals surface area contributed by atoms with E-state index in [1.165, 1.54) is 0 Å². The first-order valence-electron chi connectivity index (χ1n) is 8.58. The summed E-state index contributed by atoms with van der Waals surface area (Å²) in [5, 5.41) is 0.0582. The van der Waals surface area contributed by atoms with Crippen molar-refractivity contribution in [2.24, 2.45) is 0 Å². The van der Waals surface area contributed by atoms with Crippen molar-refractivity contribution in [1.29, 1.82) is 0 Å². The first kappa shape index (κ1) is 17.5. The molecule has 0 aliphatic carbocycles. The molecule has 0 aliphatic heterocycles. The minimum absolute atomic E-state index is 0.0582. The number of para-hydroxylation sites is 2. The van der Waals surface area contributed by atoms with Gasteiger partial charge >= 0.3 is 0 Å². The van der Waals surface area contributed by atoms with E-state index in [0.29, 0.717) is 0 Å². The van der Waals surface area contributed by atoms with E-state index in [-0.39, 0.29) is 10.9 Å². The van der Waals surface area contributed by atoms with Gasteiger partial charge in [0.1, 0.15) is 0 Å². The number of nitrogens with zero attached hydrogens (tertiary/aromatic N) is 3. The van der Waals surface area contributed by atoms with Gasteiger partial charge in [0, 0.05) is 12.6 Å². The number of rotatable bonds is 2. The Bertz CT molecular complexity index is 960. The first-order valence-corrected chi connectivity index (χ1v) is 11.5. The number of hydrogen-bond donors (Lipinski definition) is 0. The highest BCUT2D eigenvalue weighted by Gasteiger charge is 2.43. The molecule has 5 heteroatoms. The molecule has 2 aromatic carbocycles. The molecule has 0 saturated heterocycles. The summed E-state index contributed by atoms with van der Waals surface area (Å²) < 4.78 is 2.00. The second kappa shape index (κ2) is 5.91. The number of fused-ring (bicyclic) bond motifs is 2. The van der Waals surface area contributed by atoms with E-state index in [2.05, 4.69) is 38.8 Å². The van der Waals surface area contributed by atoms with E-state index >= 15 is 0 Å². The molecule has 0 radical (unpaired) electrons. The third-order valence-corrected chi connectivity index (χ3v) is 10.7. The van der Waals surface area contributed by atoms with Crippen molar-refractivity contribution >= 4 is 41.9 Å². The van der Waals surface area contributed by atoms with Crippen LogP contribution in [0.3, 0.4) is 0 Å². The maximum atomic E-state index is 12.5. The molecule has 0 bridgehead atoms. The summed E-state index contributed by atoms with van der Waals surface area (Å²) in [5.41, 5.74) is 4.34. The summed E-state index contributed by atoms with van der Waals surface area (Å²) in [4.78, 5) is 21.9. The van der Waals surface area contributed by atoms with Crippen LogP contribution in [0.15, 0.2) is 42.5 Å². The molecule has 1 heterocycles. The maximum Gasteiger partial charge on any atom is 0.215 e. The fourth-order valence-corrected chi connectivity index (χ4v) is 5.22. The lowest BCUT2D eigenvalue weighted by molar-refractivity contribution is -0.115. The van der Waals surface area contributed by atoms with Gasteiger partial charge < -0.3 is 4.57 Å². The van der Waals surface area contributed by atoms with Crippen LogP contribution in [0.1, 0.15) is 27.7 Å². The third kappa shape index (κ3) is 3.04. The van der Waals surface area contributed by atoms with Gasteiger partial charge in [-0.3, -0.25) is 4.79 Å². The minimum Gasteiger partial charge on any atom is -0.340 e. The van der Waals surface area contributed by atoms with Gasteiger partial charge in [-0.05, 0) is 35.4 Å². The second-order valence-electron chi connectivity index (χ2n) is 8.05. The van der Waals surface area contributed by atoms with Crippen molar-refractivity contribution < 1.29 is 4.79 Å². The molecule has 3 rings (SSSR count). The first-order chi connectivity index (χ1) is 11.6. The topological polar surface area (TPSA) is 46.1 Å². The molecule has 3 aromatic rings. The highest BCUT2D eigenvalue weighted by Crippen LogP contribution is 2.41. The molecule has 130 valence electrons. The molecule has 0 aliphatic rings. The summed E-state index contributed by atoms with van der Waals surface area (Å²) >= 11 is 0. The normalized spacial score (nSPS) is 12.6. The fraction of sp³-hybridized carbons (Fsp3) is 0.350. The van der Waals surface area contributed by atoms with E-state index in [0.717, 1.165) is 27.8 Å². The van der Waals surface area contributed by atoms with Gasteiger partial charge in [0.15, 0.2) is 8.24 Å². The summed E-state index contributed by atoms with van der Waals surface area (Å²) in [5.74, 6) is 0.0830. The number of anilines is 1. The molecular weight excluding hydrogens is 326 g/mol. The van der Waals surface area contributed by atoms with Crippen LogP contribution in [0.5, 0.6) is 0 Å². The average Bonchev–Trinajstić information content (AvgIpc) is 2.51. The zero-order valence-electron chi connectivity index (χ0n) is 15.8. The molecule has 1 amide bonds. The maximum absolute atomic E-state index is 12.5. The molecule has 0 N–H and O–H groups in total. The van der Waals surface area contributed by atoms with Crippen LogP contribution in [0.2, 0.25) is 18.1 Å². The fourth-order valence-electron chi connectivity index (χ4n) is 2.98. The van der Waals surface area contributed by atoms with E-state index in [1.807, 2.05) is 47.0 Å². The molecule has 0 unspecified atom stereocenters. The number of benzene rings is 2. The zero-order chi connectivity index (χ0) is 18.4. The van der Waals surface area contributed by atoms with E-state index in [4.69, 9.17) is 4.98 Å². The molecule has 4 nitrogen and oxygen atoms in total. The van der Waals surface area contributed by atoms with Crippen LogP contribution in [0, 0.1) is 0 Å². The third-order valence-electron chi connectivity index (χ3n) is 5.29. The zero-order valence-corrected chi connectivity index (χ0v) is 16.8. The molecular formula is C20H25N3OSi. The molecule has 0 fully saturated rings. The van der Waals surface area contributed by atoms with Crippen molar-refractivity contribution in [2.45, 2.75) is 45.8 Å². The van der Waals surface area contributed by atoms with E-state index in [9.17, 15) is 4.79 Å². The van der Waals surface area contributed by atoms with Crippen molar-refractivity contribution in [3.63, 3.8) is 0 Å². The van der Waals surface area contributed by atoms with Crippen LogP contribution in [-0.4, -0.2) is 24.1 Å². The van der Waals surface area contributed by atoms with Gasteiger partial charge in [-0.15, -0.1) is 0 Å². The SMILES string of the molecule is CC(=O)N(c1ccc2nc3ccccc3nc2c1)[Si](C)(C)C(C)(C)C. The van der Waals surface area contributed by atoms with Crippen LogP contribution in [0.4, 0.5) is 5.69 Å². The number of amides is 1. The van der Waals surface area contributed by atoms with Crippen molar-refractivity contribution in [3.05, 3.63) is 42.5 Å². The Hall–Kier alpha value is -2.27. The lowest BCUT2D eigenvalue weighted by Crippen LogP contribution is -2.57. The van der Waals surface area contributed by atoms with Crippen molar-refractivity contribution in [1.82, 2.24) is 9.97 Å². The molecule has 1 aromatic heterocycles. The van der Waals surface area contributed by atoms with E-state index < -0.39 is 8.24 Å². The Morgan fingerprint density at radius 3 is 1.96 bits per heavy atom. The quantitative estimate of drug-likeness (QED) is 0.474. The highest BCUT2D eigenvalue weighted by atomic mass is 28.3. The number of carbonyl (C=O) groups is 1. The lowest BCUT2D eigenvalue weighted by Gasteiger charge is -2.45. The van der Waals surface area contributed by atoms with Gasteiger partial charge in [0.2, 0.25) is 5.91 Å². The Balaban J connectivity index is 2.19. The van der Waals surface area contributed by atoms with Crippen LogP contribution < -0.4 is 4.57 Å². The predicted molar refractivity (Wildman–Crippen MR) is 107 cm³/mol. The van der Waals surface area contributed by atoms with Gasteiger partial charge in [-0.2, -0.15) is 0 Å². The molecule has 0 atom stereocenters. The van der Waals surface area contributed by atoms with E-state index in [1.54, 1.807) is 6.92 Å². The van der Waals surface area contributed by atoms with Crippen LogP contribution >= 0.6 is 0 Å². The smallest absolute Gasteiger partial charge is 0.215 e. The second-order valence-corrected chi connectivity index (χ2v) is 13.1. The predicted octanol–water partition coefficient (Wildman–Crippen LogP) is 5.14. The largest absolute Gasteiger partial charge is 0.340 e. The van der Waals surface area contributed by atoms with Gasteiger partial charge in [-0.1, -0.05) is 46.0 Å². The van der Waals surface area contributed by atoms with Crippen LogP contribution in [-0.2, 0) is 4.79 Å². The van der Waals surface area contributed by atoms with Crippen molar-refractivity contribution in [2.75, 3.05) is 4.57 Å². The number of carbonyl (C=O) groups excluding carboxylic acids is 1. The highest BCUT2D eigenvalue weighted by molar-refractivity contribution is 6.86.